The number of ether oxygens (including phenoxy) is 1. The Kier molecular flexibility index (Phi) is 5.16. The van der Waals surface area contributed by atoms with E-state index in [4.69, 9.17) is 10.00 Å². The van der Waals surface area contributed by atoms with Gasteiger partial charge in [0.25, 0.3) is 5.91 Å². The second kappa shape index (κ2) is 7.57. The first-order chi connectivity index (χ1) is 13.1. The normalized spacial score (nSPS) is 29.0. The summed E-state index contributed by atoms with van der Waals surface area (Å²) in [5, 5.41) is 9.07. The van der Waals surface area contributed by atoms with Gasteiger partial charge in [-0.2, -0.15) is 5.26 Å². The van der Waals surface area contributed by atoms with Gasteiger partial charge in [-0.05, 0) is 57.0 Å². The molecule has 2 atom stereocenters. The average Bonchev–Trinajstić information content (AvgIpc) is 3.21. The molecule has 5 nitrogen and oxygen atoms in total. The first kappa shape index (κ1) is 18.4. The summed E-state index contributed by atoms with van der Waals surface area (Å²) in [6.45, 7) is 3.78. The molecular formula is C21H26FN3O2. The number of rotatable bonds is 2. The zero-order chi connectivity index (χ0) is 18.9. The summed E-state index contributed by atoms with van der Waals surface area (Å²) >= 11 is 0. The lowest BCUT2D eigenvalue weighted by Gasteiger charge is -2.52. The van der Waals surface area contributed by atoms with Crippen molar-refractivity contribution < 1.29 is 13.9 Å². The molecule has 3 fully saturated rings. The lowest BCUT2D eigenvalue weighted by atomic mass is 9.78. The van der Waals surface area contributed by atoms with Gasteiger partial charge in [-0.3, -0.25) is 9.69 Å². The second-order valence-electron chi connectivity index (χ2n) is 7.98. The van der Waals surface area contributed by atoms with Crippen LogP contribution in [0.4, 0.5) is 4.39 Å². The van der Waals surface area contributed by atoms with E-state index in [2.05, 4.69) is 4.90 Å². The van der Waals surface area contributed by atoms with Crippen LogP contribution in [0.5, 0.6) is 0 Å². The third-order valence-electron chi connectivity index (χ3n) is 6.29. The van der Waals surface area contributed by atoms with Crippen LogP contribution in [0, 0.1) is 17.1 Å². The van der Waals surface area contributed by atoms with Gasteiger partial charge in [0.05, 0.1) is 24.8 Å². The number of nitriles is 1. The Bertz CT molecular complexity index is 752. The number of carbonyl (C=O) groups excluding carboxylic acids is 1. The minimum absolute atomic E-state index is 0.175. The predicted octanol–water partition coefficient (Wildman–Crippen LogP) is 2.95. The lowest BCUT2D eigenvalue weighted by molar-refractivity contribution is -0.156. The Hall–Kier alpha value is -1.97. The minimum atomic E-state index is -0.548. The predicted molar refractivity (Wildman–Crippen MR) is 98.8 cm³/mol. The Morgan fingerprint density at radius 1 is 1.19 bits per heavy atom. The molecule has 0 radical (unpaired) electrons. The maximum Gasteiger partial charge on any atom is 0.254 e. The largest absolute Gasteiger partial charge is 0.370 e. The van der Waals surface area contributed by atoms with Crippen molar-refractivity contribution in [1.82, 2.24) is 9.80 Å². The van der Waals surface area contributed by atoms with Crippen LogP contribution >= 0.6 is 0 Å². The second-order valence-corrected chi connectivity index (χ2v) is 7.98. The maximum absolute atomic E-state index is 13.8. The number of nitrogens with zero attached hydrogens (tertiary/aromatic N) is 3. The van der Waals surface area contributed by atoms with E-state index in [-0.39, 0.29) is 22.6 Å². The monoisotopic (exact) mass is 371 g/mol. The van der Waals surface area contributed by atoms with E-state index < -0.39 is 5.82 Å². The Balaban J connectivity index is 1.57. The SMILES string of the molecule is N#Cc1cc(F)cc(C(=O)N2CCO[C@]3(CCCC[C@@H]3N3CCCC3)C2)c1. The molecule has 6 heteroatoms. The van der Waals surface area contributed by atoms with Gasteiger partial charge >= 0.3 is 0 Å². The molecule has 2 aliphatic heterocycles. The fourth-order valence-electron chi connectivity index (χ4n) is 5.05. The molecule has 1 saturated carbocycles. The van der Waals surface area contributed by atoms with Crippen LogP contribution in [0.3, 0.4) is 0 Å². The molecule has 1 aliphatic carbocycles. The zero-order valence-corrected chi connectivity index (χ0v) is 15.6. The first-order valence-corrected chi connectivity index (χ1v) is 9.99. The third-order valence-corrected chi connectivity index (χ3v) is 6.29. The van der Waals surface area contributed by atoms with Gasteiger partial charge < -0.3 is 9.64 Å². The fraction of sp³-hybridized carbons (Fsp3) is 0.619. The van der Waals surface area contributed by atoms with E-state index >= 15 is 0 Å². The minimum Gasteiger partial charge on any atom is -0.370 e. The topological polar surface area (TPSA) is 56.6 Å². The van der Waals surface area contributed by atoms with Crippen molar-refractivity contribution in [1.29, 1.82) is 5.26 Å². The van der Waals surface area contributed by atoms with E-state index in [9.17, 15) is 9.18 Å². The summed E-state index contributed by atoms with van der Waals surface area (Å²) in [6, 6.07) is 6.14. The number of hydrogen-bond donors (Lipinski definition) is 0. The van der Waals surface area contributed by atoms with E-state index in [0.29, 0.717) is 25.7 Å². The highest BCUT2D eigenvalue weighted by Crippen LogP contribution is 2.39. The molecule has 0 unspecified atom stereocenters. The van der Waals surface area contributed by atoms with Crippen LogP contribution in [0.15, 0.2) is 18.2 Å². The Morgan fingerprint density at radius 2 is 2.00 bits per heavy atom. The van der Waals surface area contributed by atoms with Crippen molar-refractivity contribution in [2.75, 3.05) is 32.8 Å². The molecule has 3 aliphatic rings. The molecule has 0 aromatic heterocycles. The van der Waals surface area contributed by atoms with Crippen molar-refractivity contribution in [3.63, 3.8) is 0 Å². The lowest BCUT2D eigenvalue weighted by Crippen LogP contribution is -2.64. The molecule has 1 spiro atoms. The molecule has 0 N–H and O–H groups in total. The molecule has 1 aromatic rings. The molecule has 2 heterocycles. The number of morpholine rings is 1. The summed E-state index contributed by atoms with van der Waals surface area (Å²) in [5.41, 5.74) is 0.105. The highest BCUT2D eigenvalue weighted by molar-refractivity contribution is 5.94. The summed E-state index contributed by atoms with van der Waals surface area (Å²) in [6.07, 6.45) is 6.86. The molecule has 1 amide bonds. The van der Waals surface area contributed by atoms with Gasteiger partial charge in [0, 0.05) is 18.2 Å². The molecular weight excluding hydrogens is 345 g/mol. The molecule has 1 aromatic carbocycles. The third kappa shape index (κ3) is 3.59. The van der Waals surface area contributed by atoms with E-state index in [1.165, 1.54) is 31.4 Å². The van der Waals surface area contributed by atoms with Crippen LogP contribution < -0.4 is 0 Å². The van der Waals surface area contributed by atoms with Crippen LogP contribution in [-0.4, -0.2) is 60.1 Å². The number of carbonyl (C=O) groups is 1. The van der Waals surface area contributed by atoms with Crippen molar-refractivity contribution >= 4 is 5.91 Å². The number of hydrogen-bond acceptors (Lipinski definition) is 4. The number of benzene rings is 1. The molecule has 2 saturated heterocycles. The molecule has 144 valence electrons. The first-order valence-electron chi connectivity index (χ1n) is 9.99. The van der Waals surface area contributed by atoms with Crippen LogP contribution in [0.1, 0.15) is 54.4 Å². The van der Waals surface area contributed by atoms with Crippen LogP contribution in [0.25, 0.3) is 0 Å². The number of halogens is 1. The Morgan fingerprint density at radius 3 is 2.78 bits per heavy atom. The Labute approximate surface area is 159 Å². The highest BCUT2D eigenvalue weighted by Gasteiger charge is 2.48. The van der Waals surface area contributed by atoms with Crippen molar-refractivity contribution in [3.05, 3.63) is 35.1 Å². The van der Waals surface area contributed by atoms with E-state index in [1.54, 1.807) is 4.90 Å². The van der Waals surface area contributed by atoms with Gasteiger partial charge in [0.1, 0.15) is 11.4 Å². The van der Waals surface area contributed by atoms with Crippen LogP contribution in [0.2, 0.25) is 0 Å². The zero-order valence-electron chi connectivity index (χ0n) is 15.6. The molecule has 27 heavy (non-hydrogen) atoms. The van der Waals surface area contributed by atoms with E-state index in [0.717, 1.165) is 38.4 Å². The van der Waals surface area contributed by atoms with Gasteiger partial charge in [-0.1, -0.05) is 12.8 Å². The summed E-state index contributed by atoms with van der Waals surface area (Å²) in [5.74, 6) is -0.757. The average molecular weight is 371 g/mol. The molecule has 0 bridgehead atoms. The maximum atomic E-state index is 13.8. The van der Waals surface area contributed by atoms with Crippen molar-refractivity contribution in [3.8, 4) is 6.07 Å². The summed E-state index contributed by atoms with van der Waals surface area (Å²) in [4.78, 5) is 17.4. The smallest absolute Gasteiger partial charge is 0.254 e. The van der Waals surface area contributed by atoms with Crippen LogP contribution in [-0.2, 0) is 4.74 Å². The standard InChI is InChI=1S/C21H26FN3O2/c22-18-12-16(14-23)11-17(13-18)20(26)25-9-10-27-21(15-25)6-2-1-5-19(21)24-7-3-4-8-24/h11-13,19H,1-10,15H2/t19-,21+/m0/s1. The van der Waals surface area contributed by atoms with Gasteiger partial charge in [0.15, 0.2) is 0 Å². The fourth-order valence-corrected chi connectivity index (χ4v) is 5.05. The summed E-state index contributed by atoms with van der Waals surface area (Å²) < 4.78 is 20.2. The summed E-state index contributed by atoms with van der Waals surface area (Å²) in [7, 11) is 0. The van der Waals surface area contributed by atoms with Crippen molar-refractivity contribution in [2.45, 2.75) is 50.2 Å². The van der Waals surface area contributed by atoms with Gasteiger partial charge in [-0.25, -0.2) is 4.39 Å². The quantitative estimate of drug-likeness (QED) is 0.802. The van der Waals surface area contributed by atoms with Crippen molar-refractivity contribution in [2.24, 2.45) is 0 Å². The van der Waals surface area contributed by atoms with Gasteiger partial charge in [0.2, 0.25) is 0 Å². The number of likely N-dealkylation sites (tertiary alicyclic amines) is 1. The van der Waals surface area contributed by atoms with E-state index in [1.807, 2.05) is 6.07 Å². The molecule has 4 rings (SSSR count). The van der Waals surface area contributed by atoms with Gasteiger partial charge in [-0.15, -0.1) is 0 Å². The number of amides is 1. The highest BCUT2D eigenvalue weighted by atomic mass is 19.1.